The number of hydrogen-bond acceptors (Lipinski definition) is 2. The molecule has 0 aliphatic carbocycles. The SMILES string of the molecule is CC(C)CC(=O)NN=Cc1ccc(Cl)c(Cl)c1. The maximum Gasteiger partial charge on any atom is 0.240 e. The monoisotopic (exact) mass is 272 g/mol. The Kier molecular flexibility index (Phi) is 5.45. The summed E-state index contributed by atoms with van der Waals surface area (Å²) in [7, 11) is 0. The molecular formula is C12H14Cl2N2O. The number of rotatable bonds is 4. The minimum atomic E-state index is -0.101. The number of carbonyl (C=O) groups is 1. The second-order valence-electron chi connectivity index (χ2n) is 4.06. The summed E-state index contributed by atoms with van der Waals surface area (Å²) in [6, 6.07) is 5.13. The van der Waals surface area contributed by atoms with Crippen molar-refractivity contribution in [2.24, 2.45) is 11.0 Å². The van der Waals surface area contributed by atoms with Crippen LogP contribution in [0.1, 0.15) is 25.8 Å². The smallest absolute Gasteiger partial charge is 0.240 e. The summed E-state index contributed by atoms with van der Waals surface area (Å²) in [6.45, 7) is 3.95. The molecule has 5 heteroatoms. The molecule has 0 spiro atoms. The minimum absolute atomic E-state index is 0.101. The molecule has 0 radical (unpaired) electrons. The fourth-order valence-electron chi connectivity index (χ4n) is 1.19. The highest BCUT2D eigenvalue weighted by Gasteiger charge is 2.02. The van der Waals surface area contributed by atoms with Gasteiger partial charge in [0.25, 0.3) is 0 Å². The number of benzene rings is 1. The third-order valence-corrected chi connectivity index (χ3v) is 2.68. The summed E-state index contributed by atoms with van der Waals surface area (Å²) in [5, 5.41) is 4.79. The Bertz CT molecular complexity index is 431. The molecule has 1 amide bonds. The molecule has 0 bridgehead atoms. The Balaban J connectivity index is 2.53. The second-order valence-corrected chi connectivity index (χ2v) is 4.88. The lowest BCUT2D eigenvalue weighted by atomic mass is 10.1. The molecule has 0 fully saturated rings. The van der Waals surface area contributed by atoms with E-state index in [1.54, 1.807) is 18.2 Å². The number of amides is 1. The van der Waals surface area contributed by atoms with Crippen molar-refractivity contribution in [1.29, 1.82) is 0 Å². The van der Waals surface area contributed by atoms with Crippen LogP contribution in [-0.4, -0.2) is 12.1 Å². The first-order valence-corrected chi connectivity index (χ1v) is 6.01. The van der Waals surface area contributed by atoms with Crippen molar-refractivity contribution in [2.45, 2.75) is 20.3 Å². The van der Waals surface area contributed by atoms with Crippen molar-refractivity contribution in [3.8, 4) is 0 Å². The van der Waals surface area contributed by atoms with Crippen molar-refractivity contribution in [2.75, 3.05) is 0 Å². The zero-order valence-electron chi connectivity index (χ0n) is 9.71. The molecule has 0 unspecified atom stereocenters. The van der Waals surface area contributed by atoms with E-state index in [0.717, 1.165) is 5.56 Å². The molecule has 0 aliphatic heterocycles. The van der Waals surface area contributed by atoms with E-state index in [4.69, 9.17) is 23.2 Å². The van der Waals surface area contributed by atoms with Gasteiger partial charge < -0.3 is 0 Å². The fourth-order valence-corrected chi connectivity index (χ4v) is 1.49. The van der Waals surface area contributed by atoms with Gasteiger partial charge in [-0.05, 0) is 23.6 Å². The van der Waals surface area contributed by atoms with Gasteiger partial charge in [-0.3, -0.25) is 4.79 Å². The highest BCUT2D eigenvalue weighted by molar-refractivity contribution is 6.42. The number of nitrogens with one attached hydrogen (secondary N) is 1. The summed E-state index contributed by atoms with van der Waals surface area (Å²) in [6.07, 6.45) is 1.99. The van der Waals surface area contributed by atoms with Crippen LogP contribution >= 0.6 is 23.2 Å². The molecular weight excluding hydrogens is 259 g/mol. The van der Waals surface area contributed by atoms with Gasteiger partial charge in [0.05, 0.1) is 16.3 Å². The standard InChI is InChI=1S/C12H14Cl2N2O/c1-8(2)5-12(17)16-15-7-9-3-4-10(13)11(14)6-9/h3-4,6-8H,5H2,1-2H3,(H,16,17). The molecule has 1 aromatic rings. The van der Waals surface area contributed by atoms with E-state index < -0.39 is 0 Å². The lowest BCUT2D eigenvalue weighted by Crippen LogP contribution is -2.19. The molecule has 92 valence electrons. The normalized spacial score (nSPS) is 11.1. The Labute approximate surface area is 111 Å². The van der Waals surface area contributed by atoms with Crippen LogP contribution in [0.15, 0.2) is 23.3 Å². The second kappa shape index (κ2) is 6.62. The first-order valence-electron chi connectivity index (χ1n) is 5.26. The van der Waals surface area contributed by atoms with E-state index in [1.807, 2.05) is 13.8 Å². The van der Waals surface area contributed by atoms with E-state index in [2.05, 4.69) is 10.5 Å². The van der Waals surface area contributed by atoms with Crippen molar-refractivity contribution in [3.05, 3.63) is 33.8 Å². The predicted octanol–water partition coefficient (Wildman–Crippen LogP) is 3.49. The minimum Gasteiger partial charge on any atom is -0.273 e. The zero-order valence-corrected chi connectivity index (χ0v) is 11.2. The number of nitrogens with zero attached hydrogens (tertiary/aromatic N) is 1. The van der Waals surface area contributed by atoms with Gasteiger partial charge in [0.1, 0.15) is 0 Å². The van der Waals surface area contributed by atoms with Crippen LogP contribution in [0.2, 0.25) is 10.0 Å². The Morgan fingerprint density at radius 3 is 2.71 bits per heavy atom. The van der Waals surface area contributed by atoms with Crippen LogP contribution in [0, 0.1) is 5.92 Å². The van der Waals surface area contributed by atoms with Crippen LogP contribution in [0.4, 0.5) is 0 Å². The molecule has 17 heavy (non-hydrogen) atoms. The maximum absolute atomic E-state index is 11.3. The van der Waals surface area contributed by atoms with Crippen molar-refractivity contribution >= 4 is 35.3 Å². The quantitative estimate of drug-likeness (QED) is 0.662. The summed E-state index contributed by atoms with van der Waals surface area (Å²) in [5.41, 5.74) is 3.23. The van der Waals surface area contributed by atoms with Gasteiger partial charge in [-0.1, -0.05) is 43.1 Å². The number of carbonyl (C=O) groups excluding carboxylic acids is 1. The summed E-state index contributed by atoms with van der Waals surface area (Å²) >= 11 is 11.6. The molecule has 1 N–H and O–H groups in total. The largest absolute Gasteiger partial charge is 0.273 e. The predicted molar refractivity (Wildman–Crippen MR) is 71.7 cm³/mol. The maximum atomic E-state index is 11.3. The Hall–Kier alpha value is -1.06. The van der Waals surface area contributed by atoms with Gasteiger partial charge in [-0.25, -0.2) is 5.43 Å². The van der Waals surface area contributed by atoms with Gasteiger partial charge in [-0.15, -0.1) is 0 Å². The summed E-state index contributed by atoms with van der Waals surface area (Å²) in [4.78, 5) is 11.3. The average molecular weight is 273 g/mol. The van der Waals surface area contributed by atoms with Crippen molar-refractivity contribution < 1.29 is 4.79 Å². The van der Waals surface area contributed by atoms with E-state index in [1.165, 1.54) is 6.21 Å². The molecule has 0 aromatic heterocycles. The molecule has 1 aromatic carbocycles. The van der Waals surface area contributed by atoms with E-state index in [0.29, 0.717) is 22.4 Å². The highest BCUT2D eigenvalue weighted by Crippen LogP contribution is 2.21. The van der Waals surface area contributed by atoms with Gasteiger partial charge in [-0.2, -0.15) is 5.10 Å². The Morgan fingerprint density at radius 2 is 2.12 bits per heavy atom. The highest BCUT2D eigenvalue weighted by atomic mass is 35.5. The fraction of sp³-hybridized carbons (Fsp3) is 0.333. The first kappa shape index (κ1) is 14.0. The van der Waals surface area contributed by atoms with E-state index in [9.17, 15) is 4.79 Å². The van der Waals surface area contributed by atoms with Crippen molar-refractivity contribution in [3.63, 3.8) is 0 Å². The molecule has 1 rings (SSSR count). The third kappa shape index (κ3) is 5.20. The van der Waals surface area contributed by atoms with Crippen LogP contribution in [0.5, 0.6) is 0 Å². The van der Waals surface area contributed by atoms with Crippen molar-refractivity contribution in [1.82, 2.24) is 5.43 Å². The lowest BCUT2D eigenvalue weighted by Gasteiger charge is -2.02. The number of halogens is 2. The third-order valence-electron chi connectivity index (χ3n) is 1.94. The Morgan fingerprint density at radius 1 is 1.41 bits per heavy atom. The van der Waals surface area contributed by atoms with Crippen LogP contribution in [0.25, 0.3) is 0 Å². The van der Waals surface area contributed by atoms with Crippen LogP contribution < -0.4 is 5.43 Å². The summed E-state index contributed by atoms with van der Waals surface area (Å²) in [5.74, 6) is 0.214. The molecule has 3 nitrogen and oxygen atoms in total. The van der Waals surface area contributed by atoms with Crippen LogP contribution in [-0.2, 0) is 4.79 Å². The number of hydrazone groups is 1. The summed E-state index contributed by atoms with van der Waals surface area (Å²) < 4.78 is 0. The van der Waals surface area contributed by atoms with E-state index >= 15 is 0 Å². The van der Waals surface area contributed by atoms with Gasteiger partial charge >= 0.3 is 0 Å². The molecule has 0 aliphatic rings. The topological polar surface area (TPSA) is 41.5 Å². The van der Waals surface area contributed by atoms with Gasteiger partial charge in [0, 0.05) is 6.42 Å². The van der Waals surface area contributed by atoms with Crippen LogP contribution in [0.3, 0.4) is 0 Å². The zero-order chi connectivity index (χ0) is 12.8. The average Bonchev–Trinajstić information content (AvgIpc) is 2.22. The molecule has 0 heterocycles. The first-order chi connectivity index (χ1) is 7.99. The van der Waals surface area contributed by atoms with Gasteiger partial charge in [0.2, 0.25) is 5.91 Å². The lowest BCUT2D eigenvalue weighted by molar-refractivity contribution is -0.121. The van der Waals surface area contributed by atoms with Gasteiger partial charge in [0.15, 0.2) is 0 Å². The molecule has 0 atom stereocenters. The van der Waals surface area contributed by atoms with E-state index in [-0.39, 0.29) is 5.91 Å². The number of hydrogen-bond donors (Lipinski definition) is 1. The molecule has 0 saturated heterocycles. The molecule has 0 saturated carbocycles.